The molecule has 0 fully saturated rings. The van der Waals surface area contributed by atoms with Gasteiger partial charge in [-0.3, -0.25) is 0 Å². The van der Waals surface area contributed by atoms with Crippen molar-refractivity contribution >= 4 is 11.8 Å². The molecule has 2 nitrogen and oxygen atoms in total. The molecule has 0 aliphatic heterocycles. The van der Waals surface area contributed by atoms with Gasteiger partial charge in [0.05, 0.1) is 6.33 Å². The van der Waals surface area contributed by atoms with Crippen molar-refractivity contribution < 1.29 is 0 Å². The normalized spacial score (nSPS) is 10.7. The van der Waals surface area contributed by atoms with Crippen LogP contribution in [0, 0.1) is 0 Å². The lowest BCUT2D eigenvalue weighted by Gasteiger charge is -2.06. The zero-order valence-electron chi connectivity index (χ0n) is 12.1. The standard InChI is InChI=1S/C18H18N2S/c1-2-20-14-19-12-17(20)13-21-18-10-8-16(9-11-18)15-6-4-3-5-7-15/h3-12,14H,2,13H2,1H3. The molecule has 21 heavy (non-hydrogen) atoms. The molecule has 0 aliphatic carbocycles. The highest BCUT2D eigenvalue weighted by atomic mass is 32.2. The summed E-state index contributed by atoms with van der Waals surface area (Å²) in [5.74, 6) is 0.957. The Morgan fingerprint density at radius 2 is 1.67 bits per heavy atom. The predicted molar refractivity (Wildman–Crippen MR) is 89.3 cm³/mol. The van der Waals surface area contributed by atoms with Gasteiger partial charge in [0.2, 0.25) is 0 Å². The first-order valence-corrected chi connectivity index (χ1v) is 8.12. The zero-order chi connectivity index (χ0) is 14.5. The molecule has 0 atom stereocenters. The minimum absolute atomic E-state index is 0.957. The van der Waals surface area contributed by atoms with E-state index in [1.165, 1.54) is 21.7 Å². The van der Waals surface area contributed by atoms with Gasteiger partial charge in [0.15, 0.2) is 0 Å². The Labute approximate surface area is 129 Å². The lowest BCUT2D eigenvalue weighted by atomic mass is 10.1. The van der Waals surface area contributed by atoms with E-state index in [0.717, 1.165) is 12.3 Å². The first kappa shape index (κ1) is 14.0. The minimum atomic E-state index is 0.957. The highest BCUT2D eigenvalue weighted by Crippen LogP contribution is 2.26. The summed E-state index contributed by atoms with van der Waals surface area (Å²) in [4.78, 5) is 5.50. The molecule has 0 saturated heterocycles. The van der Waals surface area contributed by atoms with Crippen LogP contribution in [-0.4, -0.2) is 9.55 Å². The molecule has 0 spiro atoms. The third-order valence-corrected chi connectivity index (χ3v) is 4.53. The van der Waals surface area contributed by atoms with E-state index < -0.39 is 0 Å². The molecule has 1 aromatic heterocycles. The van der Waals surface area contributed by atoms with E-state index in [-0.39, 0.29) is 0 Å². The fraction of sp³-hybridized carbons (Fsp3) is 0.167. The van der Waals surface area contributed by atoms with Crippen LogP contribution in [0.1, 0.15) is 12.6 Å². The number of rotatable bonds is 5. The van der Waals surface area contributed by atoms with Crippen LogP contribution in [0.4, 0.5) is 0 Å². The Kier molecular flexibility index (Phi) is 4.41. The molecule has 0 saturated carbocycles. The highest BCUT2D eigenvalue weighted by molar-refractivity contribution is 7.98. The highest BCUT2D eigenvalue weighted by Gasteiger charge is 2.02. The van der Waals surface area contributed by atoms with Gasteiger partial charge in [-0.15, -0.1) is 11.8 Å². The average molecular weight is 294 g/mol. The summed E-state index contributed by atoms with van der Waals surface area (Å²) in [6.07, 6.45) is 3.85. The van der Waals surface area contributed by atoms with Crippen LogP contribution in [0.25, 0.3) is 11.1 Å². The van der Waals surface area contributed by atoms with E-state index >= 15 is 0 Å². The Morgan fingerprint density at radius 1 is 0.952 bits per heavy atom. The molecule has 1 heterocycles. The van der Waals surface area contributed by atoms with E-state index in [0.29, 0.717) is 0 Å². The van der Waals surface area contributed by atoms with Crippen molar-refractivity contribution in [3.8, 4) is 11.1 Å². The maximum atomic E-state index is 4.21. The first-order valence-electron chi connectivity index (χ1n) is 7.14. The van der Waals surface area contributed by atoms with E-state index in [4.69, 9.17) is 0 Å². The summed E-state index contributed by atoms with van der Waals surface area (Å²) < 4.78 is 2.19. The van der Waals surface area contributed by atoms with Crippen LogP contribution in [-0.2, 0) is 12.3 Å². The second-order valence-electron chi connectivity index (χ2n) is 4.85. The molecule has 0 amide bonds. The number of aromatic nitrogens is 2. The van der Waals surface area contributed by atoms with Crippen molar-refractivity contribution in [1.82, 2.24) is 9.55 Å². The lowest BCUT2D eigenvalue weighted by molar-refractivity contribution is 0.734. The summed E-state index contributed by atoms with van der Waals surface area (Å²) in [7, 11) is 0. The molecule has 106 valence electrons. The van der Waals surface area contributed by atoms with E-state index in [1.54, 1.807) is 0 Å². The van der Waals surface area contributed by atoms with E-state index in [2.05, 4.69) is 65.0 Å². The number of benzene rings is 2. The summed E-state index contributed by atoms with van der Waals surface area (Å²) >= 11 is 1.85. The van der Waals surface area contributed by atoms with Crippen molar-refractivity contribution in [3.05, 3.63) is 72.8 Å². The maximum Gasteiger partial charge on any atom is 0.0948 e. The Bertz CT molecular complexity index is 687. The quantitative estimate of drug-likeness (QED) is 0.625. The SMILES string of the molecule is CCn1cncc1CSc1ccc(-c2ccccc2)cc1. The Balaban J connectivity index is 1.68. The van der Waals surface area contributed by atoms with Crippen LogP contribution >= 0.6 is 11.8 Å². The van der Waals surface area contributed by atoms with Gasteiger partial charge in [-0.2, -0.15) is 0 Å². The van der Waals surface area contributed by atoms with Gasteiger partial charge in [-0.25, -0.2) is 4.98 Å². The zero-order valence-corrected chi connectivity index (χ0v) is 12.9. The average Bonchev–Trinajstić information content (AvgIpc) is 3.02. The smallest absolute Gasteiger partial charge is 0.0948 e. The van der Waals surface area contributed by atoms with Crippen LogP contribution in [0.5, 0.6) is 0 Å². The van der Waals surface area contributed by atoms with Crippen molar-refractivity contribution in [2.75, 3.05) is 0 Å². The van der Waals surface area contributed by atoms with Gasteiger partial charge < -0.3 is 4.57 Å². The number of hydrogen-bond acceptors (Lipinski definition) is 2. The molecule has 3 aromatic rings. The summed E-state index contributed by atoms with van der Waals surface area (Å²) in [6, 6.07) is 19.2. The van der Waals surface area contributed by atoms with Gasteiger partial charge in [-0.1, -0.05) is 42.5 Å². The van der Waals surface area contributed by atoms with Gasteiger partial charge >= 0.3 is 0 Å². The molecular formula is C18H18N2S. The molecule has 0 unspecified atom stereocenters. The monoisotopic (exact) mass is 294 g/mol. The molecule has 0 aliphatic rings. The maximum absolute atomic E-state index is 4.21. The Morgan fingerprint density at radius 3 is 2.38 bits per heavy atom. The molecular weight excluding hydrogens is 276 g/mol. The molecule has 0 bridgehead atoms. The summed E-state index contributed by atoms with van der Waals surface area (Å²) in [6.45, 7) is 3.12. The number of thioether (sulfide) groups is 1. The van der Waals surface area contributed by atoms with Crippen molar-refractivity contribution in [1.29, 1.82) is 0 Å². The van der Waals surface area contributed by atoms with Crippen molar-refractivity contribution in [2.45, 2.75) is 24.1 Å². The fourth-order valence-corrected chi connectivity index (χ4v) is 3.17. The molecule has 3 rings (SSSR count). The minimum Gasteiger partial charge on any atom is -0.334 e. The van der Waals surface area contributed by atoms with Gasteiger partial charge in [0.1, 0.15) is 0 Å². The van der Waals surface area contributed by atoms with Gasteiger partial charge in [0.25, 0.3) is 0 Å². The molecule has 3 heteroatoms. The third-order valence-electron chi connectivity index (χ3n) is 3.49. The predicted octanol–water partition coefficient (Wildman–Crippen LogP) is 4.86. The van der Waals surface area contributed by atoms with Crippen LogP contribution in [0.2, 0.25) is 0 Å². The molecule has 0 radical (unpaired) electrons. The molecule has 2 aromatic carbocycles. The topological polar surface area (TPSA) is 17.8 Å². The van der Waals surface area contributed by atoms with E-state index in [1.807, 2.05) is 30.4 Å². The Hall–Kier alpha value is -2.00. The second kappa shape index (κ2) is 6.64. The van der Waals surface area contributed by atoms with Crippen LogP contribution < -0.4 is 0 Å². The molecule has 0 N–H and O–H groups in total. The number of hydrogen-bond donors (Lipinski definition) is 0. The second-order valence-corrected chi connectivity index (χ2v) is 5.90. The van der Waals surface area contributed by atoms with Gasteiger partial charge in [-0.05, 0) is 30.2 Å². The van der Waals surface area contributed by atoms with Gasteiger partial charge in [0, 0.05) is 29.1 Å². The summed E-state index contributed by atoms with van der Waals surface area (Å²) in [5.41, 5.74) is 3.80. The van der Waals surface area contributed by atoms with Crippen molar-refractivity contribution in [3.63, 3.8) is 0 Å². The van der Waals surface area contributed by atoms with Crippen LogP contribution in [0.15, 0.2) is 72.0 Å². The summed E-state index contributed by atoms with van der Waals surface area (Å²) in [5, 5.41) is 0. The lowest BCUT2D eigenvalue weighted by Crippen LogP contribution is -1.96. The number of nitrogens with zero attached hydrogens (tertiary/aromatic N) is 2. The largest absolute Gasteiger partial charge is 0.334 e. The number of aryl methyl sites for hydroxylation is 1. The third kappa shape index (κ3) is 3.37. The number of imidazole rings is 1. The first-order chi connectivity index (χ1) is 10.4. The van der Waals surface area contributed by atoms with E-state index in [9.17, 15) is 0 Å². The fourth-order valence-electron chi connectivity index (χ4n) is 2.28. The van der Waals surface area contributed by atoms with Crippen LogP contribution in [0.3, 0.4) is 0 Å². The van der Waals surface area contributed by atoms with Crippen molar-refractivity contribution in [2.24, 2.45) is 0 Å².